The van der Waals surface area contributed by atoms with E-state index in [-0.39, 0.29) is 6.17 Å². The lowest BCUT2D eigenvalue weighted by Crippen LogP contribution is -2.37. The molecular weight excluding hydrogens is 729 g/mol. The smallest absolute Gasteiger partial charge is 0.130 e. The van der Waals surface area contributed by atoms with Crippen LogP contribution in [0, 0.1) is 0 Å². The molecule has 0 spiro atoms. The number of fused-ring (bicyclic) bond motifs is 5. The van der Waals surface area contributed by atoms with Crippen molar-refractivity contribution in [2.24, 2.45) is 4.99 Å². The van der Waals surface area contributed by atoms with Gasteiger partial charge in [0.05, 0.1) is 17.6 Å². The topological polar surface area (TPSA) is 41.4 Å². The maximum absolute atomic E-state index is 5.19. The normalized spacial score (nSPS) is 12.2. The minimum atomic E-state index is -0.0929. The summed E-state index contributed by atoms with van der Waals surface area (Å²) in [5, 5.41) is 12.0. The molecule has 4 heteroatoms. The van der Waals surface area contributed by atoms with Crippen LogP contribution in [-0.2, 0) is 6.54 Å². The minimum Gasteiger partial charge on any atom is -0.351 e. The van der Waals surface area contributed by atoms with Gasteiger partial charge in [0, 0.05) is 33.0 Å². The first-order valence-electron chi connectivity index (χ1n) is 20.6. The fourth-order valence-electron chi connectivity index (χ4n) is 8.77. The summed E-state index contributed by atoms with van der Waals surface area (Å²) in [7, 11) is 1.97. The van der Waals surface area contributed by atoms with Gasteiger partial charge in [-0.1, -0.05) is 200 Å². The number of benzene rings is 9. The zero-order valence-corrected chi connectivity index (χ0v) is 33.5. The van der Waals surface area contributed by atoms with Gasteiger partial charge in [0.1, 0.15) is 12.0 Å². The van der Waals surface area contributed by atoms with Gasteiger partial charge >= 0.3 is 0 Å². The molecule has 0 saturated carbocycles. The summed E-state index contributed by atoms with van der Waals surface area (Å²) >= 11 is 0. The molecule has 1 atom stereocenters. The molecule has 1 aromatic heterocycles. The van der Waals surface area contributed by atoms with E-state index >= 15 is 0 Å². The second-order valence-corrected chi connectivity index (χ2v) is 15.1. The molecule has 0 fully saturated rings. The molecule has 0 saturated heterocycles. The highest BCUT2D eigenvalue weighted by molar-refractivity contribution is 6.29. The van der Waals surface area contributed by atoms with E-state index < -0.39 is 0 Å². The molecule has 1 heterocycles. The molecule has 0 bridgehead atoms. The van der Waals surface area contributed by atoms with Crippen LogP contribution < -0.4 is 10.6 Å². The standard InChI is InChI=1S/C56H44N4/c1-57-55(42-24-10-4-11-25-42)59-56(43-26-12-5-13-27-43)58-38-39-34-36-44(37-35-39)60-50-33-19-18-32-49(50)53-52(46-29-15-14-28-45(46)40-20-6-2-7-21-40)51(41-22-8-3-9-23-41)47-30-16-17-31-48(47)54(53)60/h2-37,55,57H,38H2,1H3,(H,58,59). The van der Waals surface area contributed by atoms with Gasteiger partial charge in [0.15, 0.2) is 0 Å². The Balaban J connectivity index is 1.15. The Morgan fingerprint density at radius 3 is 1.73 bits per heavy atom. The van der Waals surface area contributed by atoms with Crippen molar-refractivity contribution in [3.63, 3.8) is 0 Å². The molecule has 4 nitrogen and oxygen atoms in total. The molecular formula is C56H44N4. The van der Waals surface area contributed by atoms with E-state index in [2.05, 4.69) is 221 Å². The molecule has 288 valence electrons. The van der Waals surface area contributed by atoms with Crippen LogP contribution in [-0.4, -0.2) is 17.5 Å². The average Bonchev–Trinajstić information content (AvgIpc) is 3.68. The van der Waals surface area contributed by atoms with Gasteiger partial charge in [-0.25, -0.2) is 0 Å². The fourth-order valence-corrected chi connectivity index (χ4v) is 8.77. The molecule has 10 rings (SSSR count). The molecule has 0 aliphatic rings. The van der Waals surface area contributed by atoms with Crippen molar-refractivity contribution in [3.05, 3.63) is 235 Å². The average molecular weight is 773 g/mol. The number of rotatable bonds is 10. The summed E-state index contributed by atoms with van der Waals surface area (Å²) in [6.45, 7) is 0.527. The number of nitrogens with zero attached hydrogens (tertiary/aromatic N) is 2. The lowest BCUT2D eigenvalue weighted by molar-refractivity contribution is 0.559. The van der Waals surface area contributed by atoms with E-state index in [0.29, 0.717) is 6.54 Å². The number of aliphatic imine (C=N–C) groups is 1. The summed E-state index contributed by atoms with van der Waals surface area (Å²) in [4.78, 5) is 5.19. The maximum Gasteiger partial charge on any atom is 0.130 e. The molecule has 60 heavy (non-hydrogen) atoms. The second kappa shape index (κ2) is 16.4. The van der Waals surface area contributed by atoms with Gasteiger partial charge < -0.3 is 9.88 Å². The van der Waals surface area contributed by atoms with E-state index in [1.807, 2.05) is 19.2 Å². The third-order valence-corrected chi connectivity index (χ3v) is 11.5. The highest BCUT2D eigenvalue weighted by Crippen LogP contribution is 2.50. The zero-order valence-electron chi connectivity index (χ0n) is 33.5. The number of nitrogens with one attached hydrogen (secondary N) is 2. The third kappa shape index (κ3) is 6.83. The molecule has 0 aliphatic carbocycles. The zero-order chi connectivity index (χ0) is 40.3. The van der Waals surface area contributed by atoms with Gasteiger partial charge in [-0.2, -0.15) is 0 Å². The van der Waals surface area contributed by atoms with E-state index in [0.717, 1.165) is 28.2 Å². The fraction of sp³-hybridized carbons (Fsp3) is 0.0536. The number of para-hydroxylation sites is 1. The van der Waals surface area contributed by atoms with Crippen LogP contribution in [0.3, 0.4) is 0 Å². The molecule has 10 aromatic rings. The predicted molar refractivity (Wildman–Crippen MR) is 253 cm³/mol. The van der Waals surface area contributed by atoms with Crippen molar-refractivity contribution in [3.8, 4) is 39.1 Å². The van der Waals surface area contributed by atoms with Crippen LogP contribution in [0.5, 0.6) is 0 Å². The van der Waals surface area contributed by atoms with Crippen molar-refractivity contribution in [1.29, 1.82) is 0 Å². The molecule has 2 N–H and O–H groups in total. The van der Waals surface area contributed by atoms with Crippen LogP contribution >= 0.6 is 0 Å². The van der Waals surface area contributed by atoms with Crippen molar-refractivity contribution < 1.29 is 0 Å². The highest BCUT2D eigenvalue weighted by Gasteiger charge is 2.25. The Labute approximate surface area is 351 Å². The van der Waals surface area contributed by atoms with E-state index in [1.165, 1.54) is 66.0 Å². The van der Waals surface area contributed by atoms with Crippen LogP contribution in [0.15, 0.2) is 223 Å². The molecule has 1 unspecified atom stereocenters. The monoisotopic (exact) mass is 772 g/mol. The summed E-state index contributed by atoms with van der Waals surface area (Å²) in [5.74, 6) is 0.842. The van der Waals surface area contributed by atoms with Crippen LogP contribution in [0.2, 0.25) is 0 Å². The largest absolute Gasteiger partial charge is 0.351 e. The van der Waals surface area contributed by atoms with E-state index in [1.54, 1.807) is 0 Å². The van der Waals surface area contributed by atoms with Crippen molar-refractivity contribution in [2.45, 2.75) is 12.7 Å². The third-order valence-electron chi connectivity index (χ3n) is 11.5. The van der Waals surface area contributed by atoms with E-state index in [4.69, 9.17) is 4.99 Å². The van der Waals surface area contributed by atoms with Gasteiger partial charge in [0.2, 0.25) is 0 Å². The number of aromatic nitrogens is 1. The molecule has 9 aromatic carbocycles. The van der Waals surface area contributed by atoms with Gasteiger partial charge in [0.25, 0.3) is 0 Å². The second-order valence-electron chi connectivity index (χ2n) is 15.1. The maximum atomic E-state index is 5.19. The van der Waals surface area contributed by atoms with E-state index in [9.17, 15) is 0 Å². The van der Waals surface area contributed by atoms with Gasteiger partial charge in [-0.3, -0.25) is 10.3 Å². The van der Waals surface area contributed by atoms with Crippen molar-refractivity contribution >= 4 is 38.4 Å². The summed E-state index contributed by atoms with van der Waals surface area (Å²) in [5.41, 5.74) is 14.1. The van der Waals surface area contributed by atoms with Gasteiger partial charge in [-0.05, 0) is 69.6 Å². The van der Waals surface area contributed by atoms with Crippen molar-refractivity contribution in [1.82, 2.24) is 15.2 Å². The van der Waals surface area contributed by atoms with Crippen LogP contribution in [0.1, 0.15) is 22.9 Å². The van der Waals surface area contributed by atoms with Crippen LogP contribution in [0.25, 0.3) is 71.6 Å². The highest BCUT2D eigenvalue weighted by atomic mass is 15.1. The Morgan fingerprint density at radius 2 is 1.05 bits per heavy atom. The first kappa shape index (κ1) is 36.8. The predicted octanol–water partition coefficient (Wildman–Crippen LogP) is 13.4. The van der Waals surface area contributed by atoms with Gasteiger partial charge in [-0.15, -0.1) is 0 Å². The lowest BCUT2D eigenvalue weighted by Gasteiger charge is -2.21. The van der Waals surface area contributed by atoms with Crippen molar-refractivity contribution in [2.75, 3.05) is 7.05 Å². The van der Waals surface area contributed by atoms with Crippen LogP contribution in [0.4, 0.5) is 0 Å². The quantitative estimate of drug-likeness (QED) is 0.0826. The molecule has 0 amide bonds. The molecule has 0 radical (unpaired) electrons. The minimum absolute atomic E-state index is 0.0929. The number of hydrogen-bond acceptors (Lipinski definition) is 2. The Bertz CT molecular complexity index is 3100. The lowest BCUT2D eigenvalue weighted by atomic mass is 9.83. The first-order chi connectivity index (χ1) is 29.8. The first-order valence-corrected chi connectivity index (χ1v) is 20.6. The Morgan fingerprint density at radius 1 is 0.500 bits per heavy atom. The summed E-state index contributed by atoms with van der Waals surface area (Å²) in [6.07, 6.45) is -0.0929. The molecule has 0 aliphatic heterocycles. The Kier molecular flexibility index (Phi) is 10.0. The Hall–Kier alpha value is -7.53. The summed E-state index contributed by atoms with van der Waals surface area (Å²) < 4.78 is 2.47. The number of hydrogen-bond donors (Lipinski definition) is 2. The number of amidine groups is 1. The SMILES string of the molecule is CNC(NC(=NCc1ccc(-n2c3ccccc3c3c(-c4ccccc4-c4ccccc4)c(-c4ccccc4)c4ccccc4c32)cc1)c1ccccc1)c1ccccc1. The summed E-state index contributed by atoms with van der Waals surface area (Å²) in [6, 6.07) is 78.2.